The molecule has 0 N–H and O–H groups in total. The van der Waals surface area contributed by atoms with Crippen molar-refractivity contribution in [1.29, 1.82) is 0 Å². The number of hydrogen-bond donors (Lipinski definition) is 0. The SMILES string of the molecule is Cc1ccc(/C=C2\COc3ccccc3C2=O)cc1. The first-order valence-electron chi connectivity index (χ1n) is 6.28. The van der Waals surface area contributed by atoms with E-state index < -0.39 is 0 Å². The molecule has 0 amide bonds. The lowest BCUT2D eigenvalue weighted by molar-refractivity contribution is 0.100. The molecule has 0 radical (unpaired) electrons. The summed E-state index contributed by atoms with van der Waals surface area (Å²) in [6.45, 7) is 2.38. The van der Waals surface area contributed by atoms with E-state index in [0.717, 1.165) is 5.56 Å². The molecule has 2 aromatic carbocycles. The van der Waals surface area contributed by atoms with Crippen molar-refractivity contribution in [2.45, 2.75) is 6.92 Å². The Labute approximate surface area is 112 Å². The van der Waals surface area contributed by atoms with Gasteiger partial charge in [0.2, 0.25) is 0 Å². The number of para-hydroxylation sites is 1. The maximum Gasteiger partial charge on any atom is 0.196 e. The summed E-state index contributed by atoms with van der Waals surface area (Å²) in [6.07, 6.45) is 1.90. The van der Waals surface area contributed by atoms with Crippen molar-refractivity contribution in [3.05, 3.63) is 70.8 Å². The summed E-state index contributed by atoms with van der Waals surface area (Å²) in [4.78, 5) is 12.3. The summed E-state index contributed by atoms with van der Waals surface area (Å²) in [5.74, 6) is 0.732. The Morgan fingerprint density at radius 3 is 2.58 bits per heavy atom. The Hall–Kier alpha value is -2.35. The predicted octanol–water partition coefficient (Wildman–Crippen LogP) is 3.65. The minimum atomic E-state index is 0.0578. The van der Waals surface area contributed by atoms with Gasteiger partial charge in [-0.15, -0.1) is 0 Å². The summed E-state index contributed by atoms with van der Waals surface area (Å²) in [5.41, 5.74) is 3.57. The fourth-order valence-corrected chi connectivity index (χ4v) is 2.15. The molecular formula is C17H14O2. The average Bonchev–Trinajstić information content (AvgIpc) is 2.45. The lowest BCUT2D eigenvalue weighted by Crippen LogP contribution is -2.18. The van der Waals surface area contributed by atoms with Crippen LogP contribution < -0.4 is 4.74 Å². The molecule has 0 saturated heterocycles. The van der Waals surface area contributed by atoms with Gasteiger partial charge in [-0.1, -0.05) is 42.0 Å². The summed E-state index contributed by atoms with van der Waals surface area (Å²) in [7, 11) is 0. The van der Waals surface area contributed by atoms with Gasteiger partial charge < -0.3 is 4.74 Å². The molecule has 1 aliphatic heterocycles. The van der Waals surface area contributed by atoms with E-state index in [1.54, 1.807) is 6.07 Å². The molecule has 2 aromatic rings. The summed E-state index contributed by atoms with van der Waals surface area (Å²) in [6, 6.07) is 15.5. The zero-order valence-corrected chi connectivity index (χ0v) is 10.7. The minimum Gasteiger partial charge on any atom is -0.488 e. The van der Waals surface area contributed by atoms with Crippen LogP contribution in [0.1, 0.15) is 21.5 Å². The van der Waals surface area contributed by atoms with Crippen LogP contribution in [0.15, 0.2) is 54.1 Å². The number of Topliss-reactive ketones (excluding diaryl/α,β-unsaturated/α-hetero) is 1. The molecule has 0 atom stereocenters. The third-order valence-corrected chi connectivity index (χ3v) is 3.22. The Morgan fingerprint density at radius 1 is 1.05 bits per heavy atom. The number of ketones is 1. The van der Waals surface area contributed by atoms with Crippen LogP contribution in [0.3, 0.4) is 0 Å². The molecule has 0 fully saturated rings. The van der Waals surface area contributed by atoms with Gasteiger partial charge in [0.15, 0.2) is 5.78 Å². The fourth-order valence-electron chi connectivity index (χ4n) is 2.15. The third-order valence-electron chi connectivity index (χ3n) is 3.22. The van der Waals surface area contributed by atoms with Crippen LogP contribution in [-0.2, 0) is 0 Å². The maximum atomic E-state index is 12.3. The molecular weight excluding hydrogens is 236 g/mol. The van der Waals surface area contributed by atoms with E-state index >= 15 is 0 Å². The van der Waals surface area contributed by atoms with E-state index in [4.69, 9.17) is 4.74 Å². The molecule has 0 saturated carbocycles. The van der Waals surface area contributed by atoms with Crippen molar-refractivity contribution in [1.82, 2.24) is 0 Å². The van der Waals surface area contributed by atoms with Crippen LogP contribution in [0.2, 0.25) is 0 Å². The van der Waals surface area contributed by atoms with Crippen molar-refractivity contribution in [3.8, 4) is 5.75 Å². The van der Waals surface area contributed by atoms with Crippen LogP contribution in [-0.4, -0.2) is 12.4 Å². The summed E-state index contributed by atoms with van der Waals surface area (Å²) >= 11 is 0. The highest BCUT2D eigenvalue weighted by Crippen LogP contribution is 2.27. The van der Waals surface area contributed by atoms with Crippen LogP contribution in [0.5, 0.6) is 5.75 Å². The Morgan fingerprint density at radius 2 is 1.79 bits per heavy atom. The number of aryl methyl sites for hydroxylation is 1. The van der Waals surface area contributed by atoms with Crippen LogP contribution in [0.25, 0.3) is 6.08 Å². The molecule has 2 nitrogen and oxygen atoms in total. The van der Waals surface area contributed by atoms with Gasteiger partial charge in [-0.2, -0.15) is 0 Å². The molecule has 1 heterocycles. The highest BCUT2D eigenvalue weighted by atomic mass is 16.5. The van der Waals surface area contributed by atoms with E-state index in [1.807, 2.05) is 55.5 Å². The Kier molecular flexibility index (Phi) is 2.92. The number of carbonyl (C=O) groups is 1. The Bertz CT molecular complexity index is 651. The number of fused-ring (bicyclic) bond motifs is 1. The second-order valence-electron chi connectivity index (χ2n) is 4.69. The van der Waals surface area contributed by atoms with E-state index in [-0.39, 0.29) is 5.78 Å². The zero-order valence-electron chi connectivity index (χ0n) is 10.7. The molecule has 0 spiro atoms. The summed E-state index contributed by atoms with van der Waals surface area (Å²) in [5, 5.41) is 0. The lowest BCUT2D eigenvalue weighted by Gasteiger charge is -2.18. The first kappa shape index (κ1) is 11.7. The van der Waals surface area contributed by atoms with Gasteiger partial charge in [0.1, 0.15) is 12.4 Å². The molecule has 0 unspecified atom stereocenters. The maximum absolute atomic E-state index is 12.3. The molecule has 19 heavy (non-hydrogen) atoms. The smallest absolute Gasteiger partial charge is 0.196 e. The third kappa shape index (κ3) is 2.29. The van der Waals surface area contributed by atoms with E-state index in [9.17, 15) is 4.79 Å². The molecule has 0 bridgehead atoms. The van der Waals surface area contributed by atoms with Gasteiger partial charge >= 0.3 is 0 Å². The van der Waals surface area contributed by atoms with Gasteiger partial charge in [0.05, 0.1) is 5.56 Å². The van der Waals surface area contributed by atoms with E-state index in [2.05, 4.69) is 0 Å². The number of benzene rings is 2. The monoisotopic (exact) mass is 250 g/mol. The van der Waals surface area contributed by atoms with Crippen molar-refractivity contribution in [3.63, 3.8) is 0 Å². The molecule has 2 heteroatoms. The molecule has 3 rings (SSSR count). The zero-order chi connectivity index (χ0) is 13.2. The summed E-state index contributed by atoms with van der Waals surface area (Å²) < 4.78 is 5.61. The first-order valence-corrected chi connectivity index (χ1v) is 6.28. The van der Waals surface area contributed by atoms with Crippen molar-refractivity contribution in [2.24, 2.45) is 0 Å². The minimum absolute atomic E-state index is 0.0578. The van der Waals surface area contributed by atoms with Gasteiger partial charge in [-0.05, 0) is 30.7 Å². The highest BCUT2D eigenvalue weighted by molar-refractivity contribution is 6.14. The van der Waals surface area contributed by atoms with Gasteiger partial charge in [0.25, 0.3) is 0 Å². The van der Waals surface area contributed by atoms with E-state index in [1.165, 1.54) is 5.56 Å². The topological polar surface area (TPSA) is 26.3 Å². The first-order chi connectivity index (χ1) is 9.24. The van der Waals surface area contributed by atoms with Gasteiger partial charge in [-0.25, -0.2) is 0 Å². The van der Waals surface area contributed by atoms with Crippen LogP contribution >= 0.6 is 0 Å². The van der Waals surface area contributed by atoms with Gasteiger partial charge in [-0.3, -0.25) is 4.79 Å². The second-order valence-corrected chi connectivity index (χ2v) is 4.69. The Balaban J connectivity index is 1.96. The van der Waals surface area contributed by atoms with Crippen molar-refractivity contribution < 1.29 is 9.53 Å². The van der Waals surface area contributed by atoms with E-state index in [0.29, 0.717) is 23.5 Å². The number of rotatable bonds is 1. The largest absolute Gasteiger partial charge is 0.488 e. The molecule has 0 aliphatic carbocycles. The normalized spacial score (nSPS) is 16.1. The standard InChI is InChI=1S/C17H14O2/c1-12-6-8-13(9-7-12)10-14-11-19-16-5-3-2-4-15(16)17(14)18/h2-10H,11H2,1H3/b14-10+. The highest BCUT2D eigenvalue weighted by Gasteiger charge is 2.22. The van der Waals surface area contributed by atoms with Crippen LogP contribution in [0.4, 0.5) is 0 Å². The predicted molar refractivity (Wildman–Crippen MR) is 75.4 cm³/mol. The quantitative estimate of drug-likeness (QED) is 0.722. The van der Waals surface area contributed by atoms with Crippen molar-refractivity contribution in [2.75, 3.05) is 6.61 Å². The van der Waals surface area contributed by atoms with Crippen molar-refractivity contribution >= 4 is 11.9 Å². The number of carbonyl (C=O) groups excluding carboxylic acids is 1. The molecule has 0 aromatic heterocycles. The average molecular weight is 250 g/mol. The van der Waals surface area contributed by atoms with Gasteiger partial charge in [0, 0.05) is 5.57 Å². The number of hydrogen-bond acceptors (Lipinski definition) is 2. The molecule has 1 aliphatic rings. The molecule has 94 valence electrons. The number of ether oxygens (including phenoxy) is 1. The lowest BCUT2D eigenvalue weighted by atomic mass is 9.98. The van der Waals surface area contributed by atoms with Crippen LogP contribution in [0, 0.1) is 6.92 Å². The second kappa shape index (κ2) is 4.73. The fraction of sp³-hybridized carbons (Fsp3) is 0.118.